The molecule has 3 nitrogen and oxygen atoms in total. The van der Waals surface area contributed by atoms with Crippen molar-refractivity contribution in [2.24, 2.45) is 0 Å². The summed E-state index contributed by atoms with van der Waals surface area (Å²) >= 11 is 2.19. The standard InChI is InChI=1S/C10H9FO.C8H6O.C6H5IO.C5H10Si.C3H7F/c1-2-9-3-5-10(6-4-9)12-8-7-11;1-2-7-3-5-8(9)6-4-7;7-5-1-3-6(8)4-2-5;1-5-6(2,3)4;1-2-3-4/h1,3-6H,7-8H2;1,3-6,9H;1-4,8H;1H,2-4H3;2-3H2,1H3. The first-order valence-electron chi connectivity index (χ1n) is 12.0. The van der Waals surface area contributed by atoms with Crippen LogP contribution in [0.1, 0.15) is 24.5 Å². The van der Waals surface area contributed by atoms with Gasteiger partial charge in [-0.3, -0.25) is 4.39 Å². The van der Waals surface area contributed by atoms with Gasteiger partial charge in [-0.1, -0.05) is 38.4 Å². The van der Waals surface area contributed by atoms with Crippen molar-refractivity contribution in [3.05, 3.63) is 87.5 Å². The molecule has 3 aromatic carbocycles. The molecule has 0 aliphatic heterocycles. The zero-order valence-electron chi connectivity index (χ0n) is 22.9. The number of phenolic OH excluding ortho intramolecular Hbond substituents is 2. The summed E-state index contributed by atoms with van der Waals surface area (Å²) in [4.78, 5) is 0. The maximum Gasteiger partial charge on any atom is 0.128 e. The predicted octanol–water partition coefficient (Wildman–Crippen LogP) is 8.25. The minimum atomic E-state index is -1.10. The SMILES string of the molecule is C#C[Si](C)(C)C.C#Cc1ccc(O)cc1.C#Cc1ccc(OCCF)cc1.CCCF.Oc1ccc(I)cc1. The van der Waals surface area contributed by atoms with Crippen LogP contribution in [-0.4, -0.2) is 38.2 Å². The number of rotatable bonds is 4. The summed E-state index contributed by atoms with van der Waals surface area (Å²) in [7, 11) is -1.10. The second-order valence-corrected chi connectivity index (χ2v) is 14.5. The zero-order chi connectivity index (χ0) is 30.1. The van der Waals surface area contributed by atoms with Crippen LogP contribution in [0.3, 0.4) is 0 Å². The van der Waals surface area contributed by atoms with Gasteiger partial charge in [-0.25, -0.2) is 4.39 Å². The van der Waals surface area contributed by atoms with Gasteiger partial charge in [-0.2, -0.15) is 0 Å². The van der Waals surface area contributed by atoms with Gasteiger partial charge in [0.05, 0.1) is 6.67 Å². The monoisotopic (exact) mass is 662 g/mol. The summed E-state index contributed by atoms with van der Waals surface area (Å²) in [5, 5.41) is 17.5. The summed E-state index contributed by atoms with van der Waals surface area (Å²) in [6.45, 7) is 7.68. The number of terminal acetylenes is 3. The molecular formula is C32H37F2IO3Si. The Kier molecular flexibility index (Phi) is 22.9. The lowest BCUT2D eigenvalue weighted by Crippen LogP contribution is -2.15. The molecule has 0 saturated carbocycles. The summed E-state index contributed by atoms with van der Waals surface area (Å²) < 4.78 is 28.5. The molecular weight excluding hydrogens is 625 g/mol. The number of benzene rings is 3. The van der Waals surface area contributed by atoms with E-state index < -0.39 is 14.7 Å². The maximum atomic E-state index is 11.7. The van der Waals surface area contributed by atoms with Crippen molar-refractivity contribution in [2.75, 3.05) is 20.0 Å². The average Bonchev–Trinajstić information content (AvgIpc) is 2.95. The van der Waals surface area contributed by atoms with E-state index in [4.69, 9.17) is 34.2 Å². The number of halogens is 3. The summed E-state index contributed by atoms with van der Waals surface area (Å²) in [5.74, 6) is 6.14. The van der Waals surface area contributed by atoms with E-state index in [1.54, 1.807) is 67.6 Å². The van der Waals surface area contributed by atoms with E-state index in [0.29, 0.717) is 17.9 Å². The molecule has 7 heteroatoms. The Morgan fingerprint density at radius 3 is 1.38 bits per heavy atom. The second kappa shape index (κ2) is 23.6. The lowest BCUT2D eigenvalue weighted by molar-refractivity contribution is 0.273. The van der Waals surface area contributed by atoms with Crippen LogP contribution < -0.4 is 4.74 Å². The molecule has 0 aliphatic rings. The third-order valence-electron chi connectivity index (χ3n) is 3.85. The molecule has 0 saturated heterocycles. The molecule has 3 aromatic rings. The van der Waals surface area contributed by atoms with Gasteiger partial charge in [0, 0.05) is 14.7 Å². The molecule has 0 atom stereocenters. The van der Waals surface area contributed by atoms with Crippen molar-refractivity contribution < 1.29 is 23.7 Å². The normalized spacial score (nSPS) is 8.92. The highest BCUT2D eigenvalue weighted by Gasteiger charge is 2.05. The molecule has 39 heavy (non-hydrogen) atoms. The van der Waals surface area contributed by atoms with Crippen LogP contribution in [0, 0.1) is 40.2 Å². The Morgan fingerprint density at radius 2 is 1.10 bits per heavy atom. The number of aromatic hydroxyl groups is 2. The van der Waals surface area contributed by atoms with Crippen molar-refractivity contribution in [3.63, 3.8) is 0 Å². The molecule has 208 valence electrons. The fourth-order valence-electron chi connectivity index (χ4n) is 1.80. The summed E-state index contributed by atoms with van der Waals surface area (Å²) in [6.07, 6.45) is 16.0. The average molecular weight is 663 g/mol. The fourth-order valence-corrected chi connectivity index (χ4v) is 2.16. The predicted molar refractivity (Wildman–Crippen MR) is 171 cm³/mol. The zero-order valence-corrected chi connectivity index (χ0v) is 26.1. The third kappa shape index (κ3) is 24.6. The Hall–Kier alpha value is -3.45. The molecule has 0 aliphatic carbocycles. The van der Waals surface area contributed by atoms with Gasteiger partial charge in [0.1, 0.15) is 38.6 Å². The van der Waals surface area contributed by atoms with Gasteiger partial charge in [0.25, 0.3) is 0 Å². The Morgan fingerprint density at radius 1 is 0.744 bits per heavy atom. The van der Waals surface area contributed by atoms with Crippen LogP contribution in [0.4, 0.5) is 8.78 Å². The minimum Gasteiger partial charge on any atom is -0.508 e. The maximum absolute atomic E-state index is 11.7. The Bertz CT molecular complexity index is 1110. The van der Waals surface area contributed by atoms with Gasteiger partial charge < -0.3 is 14.9 Å². The Balaban J connectivity index is 0. The molecule has 0 unspecified atom stereocenters. The number of hydrogen-bond acceptors (Lipinski definition) is 3. The van der Waals surface area contributed by atoms with Crippen LogP contribution in [0.5, 0.6) is 17.2 Å². The minimum absolute atomic E-state index is 0.0927. The number of alkyl halides is 2. The first-order valence-corrected chi connectivity index (χ1v) is 16.5. The lowest BCUT2D eigenvalue weighted by Gasteiger charge is -2.02. The van der Waals surface area contributed by atoms with Crippen molar-refractivity contribution >= 4 is 30.7 Å². The van der Waals surface area contributed by atoms with Crippen LogP contribution >= 0.6 is 22.6 Å². The van der Waals surface area contributed by atoms with Crippen molar-refractivity contribution in [1.82, 2.24) is 0 Å². The van der Waals surface area contributed by atoms with Gasteiger partial charge in [-0.15, -0.1) is 24.8 Å². The number of hydrogen-bond donors (Lipinski definition) is 2. The quantitative estimate of drug-likeness (QED) is 0.168. The molecule has 0 spiro atoms. The van der Waals surface area contributed by atoms with E-state index in [-0.39, 0.29) is 19.0 Å². The third-order valence-corrected chi connectivity index (χ3v) is 5.43. The molecule has 0 aromatic heterocycles. The van der Waals surface area contributed by atoms with E-state index in [1.807, 2.05) is 12.1 Å². The van der Waals surface area contributed by atoms with E-state index in [0.717, 1.165) is 14.7 Å². The highest BCUT2D eigenvalue weighted by atomic mass is 127. The lowest BCUT2D eigenvalue weighted by atomic mass is 10.2. The van der Waals surface area contributed by atoms with Gasteiger partial charge in [0.15, 0.2) is 0 Å². The van der Waals surface area contributed by atoms with Gasteiger partial charge in [0.2, 0.25) is 0 Å². The first-order chi connectivity index (χ1) is 18.5. The van der Waals surface area contributed by atoms with E-state index in [1.165, 1.54) is 0 Å². The van der Waals surface area contributed by atoms with Crippen molar-refractivity contribution in [2.45, 2.75) is 33.0 Å². The van der Waals surface area contributed by atoms with Crippen LogP contribution in [0.25, 0.3) is 0 Å². The van der Waals surface area contributed by atoms with Crippen molar-refractivity contribution in [1.29, 1.82) is 0 Å². The molecule has 0 fully saturated rings. The van der Waals surface area contributed by atoms with Crippen LogP contribution in [-0.2, 0) is 0 Å². The van der Waals surface area contributed by atoms with Crippen LogP contribution in [0.2, 0.25) is 19.6 Å². The van der Waals surface area contributed by atoms with E-state index in [9.17, 15) is 8.78 Å². The topological polar surface area (TPSA) is 49.7 Å². The molecule has 0 bridgehead atoms. The Labute approximate surface area is 247 Å². The fraction of sp³-hybridized carbons (Fsp3) is 0.250. The highest BCUT2D eigenvalue weighted by Crippen LogP contribution is 2.11. The highest BCUT2D eigenvalue weighted by molar-refractivity contribution is 14.1. The van der Waals surface area contributed by atoms with E-state index in [2.05, 4.69) is 59.6 Å². The molecule has 0 amide bonds. The van der Waals surface area contributed by atoms with Gasteiger partial charge >= 0.3 is 0 Å². The summed E-state index contributed by atoms with van der Waals surface area (Å²) in [6, 6.07) is 20.5. The van der Waals surface area contributed by atoms with E-state index >= 15 is 0 Å². The molecule has 3 rings (SSSR count). The van der Waals surface area contributed by atoms with Crippen LogP contribution in [0.15, 0.2) is 72.8 Å². The molecule has 2 N–H and O–H groups in total. The summed E-state index contributed by atoms with van der Waals surface area (Å²) in [5.41, 5.74) is 4.32. The smallest absolute Gasteiger partial charge is 0.128 e. The number of ether oxygens (including phenoxy) is 1. The largest absolute Gasteiger partial charge is 0.508 e. The second-order valence-electron chi connectivity index (χ2n) is 8.46. The van der Waals surface area contributed by atoms with Crippen molar-refractivity contribution in [3.8, 4) is 53.9 Å². The van der Waals surface area contributed by atoms with Gasteiger partial charge in [-0.05, 0) is 102 Å². The first kappa shape index (κ1) is 37.7. The molecule has 0 heterocycles. The number of phenols is 2. The molecule has 0 radical (unpaired) electrons.